The average molecular weight is 216 g/mol. The van der Waals surface area contributed by atoms with Crippen molar-refractivity contribution in [3.05, 3.63) is 0 Å². The first-order valence-electron chi connectivity index (χ1n) is 4.60. The minimum absolute atomic E-state index is 0.111. The van der Waals surface area contributed by atoms with Crippen LogP contribution in [0.25, 0.3) is 0 Å². The predicted octanol–water partition coefficient (Wildman–Crippen LogP) is 1.28. The highest BCUT2D eigenvalue weighted by atomic mass is 32.1. The van der Waals surface area contributed by atoms with Crippen LogP contribution in [0.15, 0.2) is 0 Å². The summed E-state index contributed by atoms with van der Waals surface area (Å²) in [5.41, 5.74) is 5.01. The SMILES string of the molecule is CC(C)(C)OC(=O)N1CC[C@H]1C(N)=S. The van der Waals surface area contributed by atoms with Crippen LogP contribution < -0.4 is 5.73 Å². The summed E-state index contributed by atoms with van der Waals surface area (Å²) in [6.07, 6.45) is 0.510. The van der Waals surface area contributed by atoms with Crippen molar-refractivity contribution in [2.24, 2.45) is 5.73 Å². The van der Waals surface area contributed by atoms with Crippen molar-refractivity contribution in [3.8, 4) is 0 Å². The van der Waals surface area contributed by atoms with E-state index in [0.29, 0.717) is 11.5 Å². The maximum atomic E-state index is 11.5. The Morgan fingerprint density at radius 2 is 2.14 bits per heavy atom. The maximum absolute atomic E-state index is 11.5. The quantitative estimate of drug-likeness (QED) is 0.671. The van der Waals surface area contributed by atoms with Gasteiger partial charge in [-0.3, -0.25) is 4.90 Å². The van der Waals surface area contributed by atoms with Gasteiger partial charge in [0.1, 0.15) is 5.60 Å². The molecule has 0 radical (unpaired) electrons. The Hall–Kier alpha value is -0.840. The molecule has 1 amide bonds. The van der Waals surface area contributed by atoms with Gasteiger partial charge in [0.25, 0.3) is 0 Å². The molecule has 1 fully saturated rings. The smallest absolute Gasteiger partial charge is 0.410 e. The van der Waals surface area contributed by atoms with E-state index in [1.807, 2.05) is 20.8 Å². The van der Waals surface area contributed by atoms with Gasteiger partial charge < -0.3 is 10.5 Å². The molecule has 0 aliphatic carbocycles. The lowest BCUT2D eigenvalue weighted by molar-refractivity contribution is 0.00569. The van der Waals surface area contributed by atoms with E-state index in [0.717, 1.165) is 6.42 Å². The van der Waals surface area contributed by atoms with Crippen LogP contribution in [0.4, 0.5) is 4.79 Å². The summed E-state index contributed by atoms with van der Waals surface area (Å²) < 4.78 is 5.19. The summed E-state index contributed by atoms with van der Waals surface area (Å²) in [6, 6.07) is -0.111. The fourth-order valence-corrected chi connectivity index (χ4v) is 1.47. The van der Waals surface area contributed by atoms with Crippen molar-refractivity contribution in [1.82, 2.24) is 4.90 Å². The Morgan fingerprint density at radius 3 is 2.43 bits per heavy atom. The number of nitrogens with two attached hydrogens (primary N) is 1. The molecule has 4 nitrogen and oxygen atoms in total. The lowest BCUT2D eigenvalue weighted by Gasteiger charge is -2.40. The molecule has 0 saturated carbocycles. The van der Waals surface area contributed by atoms with Crippen molar-refractivity contribution >= 4 is 23.3 Å². The topological polar surface area (TPSA) is 55.6 Å². The molecule has 1 rings (SSSR count). The molecule has 0 aromatic rings. The number of carbonyl (C=O) groups is 1. The van der Waals surface area contributed by atoms with Gasteiger partial charge in [-0.25, -0.2) is 4.79 Å². The molecule has 0 aromatic heterocycles. The molecule has 1 saturated heterocycles. The van der Waals surface area contributed by atoms with Crippen molar-refractivity contribution in [3.63, 3.8) is 0 Å². The molecule has 1 atom stereocenters. The number of likely N-dealkylation sites (tertiary alicyclic amines) is 1. The van der Waals surface area contributed by atoms with E-state index in [9.17, 15) is 4.79 Å². The van der Waals surface area contributed by atoms with Crippen molar-refractivity contribution < 1.29 is 9.53 Å². The number of thiocarbonyl (C=S) groups is 1. The van der Waals surface area contributed by atoms with Crippen molar-refractivity contribution in [2.45, 2.75) is 38.8 Å². The van der Waals surface area contributed by atoms with Gasteiger partial charge >= 0.3 is 6.09 Å². The lowest BCUT2D eigenvalue weighted by atomic mass is 10.0. The third kappa shape index (κ3) is 2.57. The molecule has 1 aliphatic rings. The zero-order valence-electron chi connectivity index (χ0n) is 8.74. The zero-order chi connectivity index (χ0) is 10.9. The van der Waals surface area contributed by atoms with Crippen LogP contribution in [0, 0.1) is 0 Å². The predicted molar refractivity (Wildman–Crippen MR) is 58.1 cm³/mol. The summed E-state index contributed by atoms with van der Waals surface area (Å²) in [5.74, 6) is 0. The molecule has 0 unspecified atom stereocenters. The van der Waals surface area contributed by atoms with Crippen LogP contribution in [0.1, 0.15) is 27.2 Å². The molecule has 0 bridgehead atoms. The fourth-order valence-electron chi connectivity index (χ4n) is 1.22. The molecule has 14 heavy (non-hydrogen) atoms. The first-order valence-corrected chi connectivity index (χ1v) is 5.01. The molecular formula is C9H16N2O2S. The van der Waals surface area contributed by atoms with Crippen LogP contribution in [-0.2, 0) is 4.74 Å². The van der Waals surface area contributed by atoms with Gasteiger partial charge in [-0.1, -0.05) is 12.2 Å². The first kappa shape index (κ1) is 11.2. The van der Waals surface area contributed by atoms with E-state index < -0.39 is 5.60 Å². The Balaban J connectivity index is 2.51. The van der Waals surface area contributed by atoms with Crippen molar-refractivity contribution in [2.75, 3.05) is 6.54 Å². The van der Waals surface area contributed by atoms with E-state index in [1.54, 1.807) is 4.90 Å². The van der Waals surface area contributed by atoms with Gasteiger partial charge in [-0.05, 0) is 27.2 Å². The van der Waals surface area contributed by atoms with Crippen LogP contribution in [-0.4, -0.2) is 34.2 Å². The number of ether oxygens (including phenoxy) is 1. The molecule has 80 valence electrons. The number of nitrogens with zero attached hydrogens (tertiary/aromatic N) is 1. The van der Waals surface area contributed by atoms with Crippen LogP contribution in [0.2, 0.25) is 0 Å². The second-order valence-corrected chi connectivity index (χ2v) is 4.85. The third-order valence-corrected chi connectivity index (χ3v) is 2.25. The molecule has 5 heteroatoms. The summed E-state index contributed by atoms with van der Waals surface area (Å²) in [4.78, 5) is 13.5. The standard InChI is InChI=1S/C9H16N2O2S/c1-9(2,3)13-8(12)11-5-4-6(11)7(10)14/h6H,4-5H2,1-3H3,(H2,10,14)/t6-/m0/s1. The normalized spacial score (nSPS) is 21.4. The molecule has 0 aromatic carbocycles. The van der Waals surface area contributed by atoms with E-state index >= 15 is 0 Å². The van der Waals surface area contributed by atoms with E-state index in [-0.39, 0.29) is 12.1 Å². The number of hydrogen-bond donors (Lipinski definition) is 1. The Morgan fingerprint density at radius 1 is 1.57 bits per heavy atom. The Labute approximate surface area is 89.4 Å². The minimum Gasteiger partial charge on any atom is -0.444 e. The molecule has 1 aliphatic heterocycles. The van der Waals surface area contributed by atoms with Crippen LogP contribution in [0.3, 0.4) is 0 Å². The van der Waals surface area contributed by atoms with E-state index in [1.165, 1.54) is 0 Å². The fraction of sp³-hybridized carbons (Fsp3) is 0.778. The summed E-state index contributed by atoms with van der Waals surface area (Å²) in [6.45, 7) is 6.18. The average Bonchev–Trinajstić information content (AvgIpc) is 1.75. The Kier molecular flexibility index (Phi) is 2.99. The molecule has 2 N–H and O–H groups in total. The van der Waals surface area contributed by atoms with Gasteiger partial charge in [0.2, 0.25) is 0 Å². The number of carbonyl (C=O) groups excluding carboxylic acids is 1. The first-order chi connectivity index (χ1) is 6.31. The number of amides is 1. The maximum Gasteiger partial charge on any atom is 0.410 e. The molecule has 0 spiro atoms. The second kappa shape index (κ2) is 3.73. The lowest BCUT2D eigenvalue weighted by Crippen LogP contribution is -2.57. The molecule has 1 heterocycles. The zero-order valence-corrected chi connectivity index (χ0v) is 9.56. The van der Waals surface area contributed by atoms with E-state index in [4.69, 9.17) is 22.7 Å². The summed E-state index contributed by atoms with van der Waals surface area (Å²) >= 11 is 4.83. The van der Waals surface area contributed by atoms with Gasteiger partial charge in [-0.15, -0.1) is 0 Å². The van der Waals surface area contributed by atoms with Crippen LogP contribution >= 0.6 is 12.2 Å². The number of hydrogen-bond acceptors (Lipinski definition) is 3. The van der Waals surface area contributed by atoms with Gasteiger partial charge in [0.15, 0.2) is 0 Å². The largest absolute Gasteiger partial charge is 0.444 e. The monoisotopic (exact) mass is 216 g/mol. The minimum atomic E-state index is -0.465. The third-order valence-electron chi connectivity index (χ3n) is 1.98. The Bertz CT molecular complexity index is 260. The highest BCUT2D eigenvalue weighted by Gasteiger charge is 2.36. The summed E-state index contributed by atoms with van der Waals surface area (Å²) in [5, 5.41) is 0. The second-order valence-electron chi connectivity index (χ2n) is 4.38. The number of rotatable bonds is 1. The van der Waals surface area contributed by atoms with Crippen LogP contribution in [0.5, 0.6) is 0 Å². The van der Waals surface area contributed by atoms with Gasteiger partial charge in [0.05, 0.1) is 11.0 Å². The van der Waals surface area contributed by atoms with Gasteiger partial charge in [0, 0.05) is 6.54 Å². The molecular weight excluding hydrogens is 200 g/mol. The van der Waals surface area contributed by atoms with Crippen molar-refractivity contribution in [1.29, 1.82) is 0 Å². The summed E-state index contributed by atoms with van der Waals surface area (Å²) in [7, 11) is 0. The highest BCUT2D eigenvalue weighted by Crippen LogP contribution is 2.21. The van der Waals surface area contributed by atoms with Gasteiger partial charge in [-0.2, -0.15) is 0 Å². The van der Waals surface area contributed by atoms with E-state index in [2.05, 4.69) is 0 Å². The highest BCUT2D eigenvalue weighted by molar-refractivity contribution is 7.80.